The first-order chi connectivity index (χ1) is 10.1. The molecule has 1 aromatic heterocycles. The average Bonchev–Trinajstić information content (AvgIpc) is 2.48. The van der Waals surface area contributed by atoms with Crippen LogP contribution in [0.1, 0.15) is 17.4 Å². The summed E-state index contributed by atoms with van der Waals surface area (Å²) in [6, 6.07) is 14.7. The molecule has 0 radical (unpaired) electrons. The lowest BCUT2D eigenvalue weighted by Gasteiger charge is -2.14. The summed E-state index contributed by atoms with van der Waals surface area (Å²) in [5.41, 5.74) is 2.02. The lowest BCUT2D eigenvalue weighted by atomic mass is 10.1. The van der Waals surface area contributed by atoms with Crippen molar-refractivity contribution < 1.29 is 5.11 Å². The number of halogens is 3. The summed E-state index contributed by atoms with van der Waals surface area (Å²) in [7, 11) is 0. The molecule has 0 saturated heterocycles. The van der Waals surface area contributed by atoms with Crippen LogP contribution in [0.5, 0.6) is 0 Å². The van der Waals surface area contributed by atoms with Gasteiger partial charge in [0, 0.05) is 9.86 Å². The highest BCUT2D eigenvalue weighted by molar-refractivity contribution is 9.10. The number of rotatable bonds is 2. The van der Waals surface area contributed by atoms with E-state index in [1.165, 1.54) is 0 Å². The van der Waals surface area contributed by atoms with Crippen molar-refractivity contribution in [3.05, 3.63) is 74.3 Å². The van der Waals surface area contributed by atoms with Crippen LogP contribution in [0.2, 0.25) is 10.0 Å². The number of hydrogen-bond acceptors (Lipinski definition) is 2. The zero-order valence-corrected chi connectivity index (χ0v) is 13.8. The number of fused-ring (bicyclic) bond motifs is 1. The van der Waals surface area contributed by atoms with Gasteiger partial charge in [-0.2, -0.15) is 0 Å². The molecule has 1 atom stereocenters. The Morgan fingerprint density at radius 3 is 2.52 bits per heavy atom. The first-order valence-electron chi connectivity index (χ1n) is 6.24. The summed E-state index contributed by atoms with van der Waals surface area (Å²) in [5, 5.41) is 12.4. The number of pyridine rings is 1. The Labute approximate surface area is 140 Å². The van der Waals surface area contributed by atoms with Crippen molar-refractivity contribution in [1.82, 2.24) is 4.98 Å². The van der Waals surface area contributed by atoms with Gasteiger partial charge in [-0.3, -0.25) is 0 Å². The molecular formula is C16H10BrCl2NO. The summed E-state index contributed by atoms with van der Waals surface area (Å²) in [4.78, 5) is 4.53. The van der Waals surface area contributed by atoms with E-state index in [0.717, 1.165) is 15.4 Å². The third-order valence-corrected chi connectivity index (χ3v) is 4.60. The fourth-order valence-electron chi connectivity index (χ4n) is 2.14. The van der Waals surface area contributed by atoms with Crippen molar-refractivity contribution in [1.29, 1.82) is 0 Å². The molecule has 0 amide bonds. The van der Waals surface area contributed by atoms with Gasteiger partial charge in [0.2, 0.25) is 0 Å². The van der Waals surface area contributed by atoms with Crippen LogP contribution in [0, 0.1) is 0 Å². The van der Waals surface area contributed by atoms with Crippen LogP contribution in [0.25, 0.3) is 10.9 Å². The summed E-state index contributed by atoms with van der Waals surface area (Å²) >= 11 is 15.4. The molecule has 106 valence electrons. The quantitative estimate of drug-likeness (QED) is 0.644. The second-order valence-electron chi connectivity index (χ2n) is 4.62. The van der Waals surface area contributed by atoms with E-state index in [4.69, 9.17) is 23.2 Å². The van der Waals surface area contributed by atoms with Gasteiger partial charge in [0.1, 0.15) is 6.10 Å². The van der Waals surface area contributed by atoms with Crippen LogP contribution in [-0.2, 0) is 0 Å². The molecule has 3 rings (SSSR count). The first kappa shape index (κ1) is 14.8. The molecule has 1 N–H and O–H groups in total. The lowest BCUT2D eigenvalue weighted by molar-refractivity contribution is 0.215. The van der Waals surface area contributed by atoms with E-state index in [2.05, 4.69) is 20.9 Å². The van der Waals surface area contributed by atoms with Crippen molar-refractivity contribution in [2.75, 3.05) is 0 Å². The molecule has 0 saturated carbocycles. The monoisotopic (exact) mass is 381 g/mol. The SMILES string of the molecule is OC(c1ccc(Cl)c(Cl)c1)c1nc2ccccc2cc1Br. The van der Waals surface area contributed by atoms with Crippen molar-refractivity contribution in [2.24, 2.45) is 0 Å². The van der Waals surface area contributed by atoms with Gasteiger partial charge in [-0.15, -0.1) is 0 Å². The number of hydrogen-bond donors (Lipinski definition) is 1. The van der Waals surface area contributed by atoms with Crippen molar-refractivity contribution in [3.8, 4) is 0 Å². The highest BCUT2D eigenvalue weighted by Crippen LogP contribution is 2.32. The third-order valence-electron chi connectivity index (χ3n) is 3.22. The van der Waals surface area contributed by atoms with E-state index < -0.39 is 6.10 Å². The van der Waals surface area contributed by atoms with Crippen molar-refractivity contribution >= 4 is 50.0 Å². The van der Waals surface area contributed by atoms with E-state index >= 15 is 0 Å². The molecule has 0 spiro atoms. The number of benzene rings is 2. The Bertz CT molecular complexity index is 822. The molecule has 1 unspecified atom stereocenters. The highest BCUT2D eigenvalue weighted by atomic mass is 79.9. The minimum Gasteiger partial charge on any atom is -0.382 e. The number of aliphatic hydroxyl groups excluding tert-OH is 1. The van der Waals surface area contributed by atoms with Crippen LogP contribution in [0.15, 0.2) is 53.0 Å². The molecule has 21 heavy (non-hydrogen) atoms. The lowest BCUT2D eigenvalue weighted by Crippen LogP contribution is -2.04. The predicted molar refractivity (Wildman–Crippen MR) is 90.0 cm³/mol. The Morgan fingerprint density at radius 2 is 1.76 bits per heavy atom. The van der Waals surface area contributed by atoms with Crippen LogP contribution < -0.4 is 0 Å². The smallest absolute Gasteiger partial charge is 0.122 e. The number of aliphatic hydroxyl groups is 1. The Hall–Kier alpha value is -1.13. The molecule has 0 fully saturated rings. The zero-order valence-electron chi connectivity index (χ0n) is 10.7. The second-order valence-corrected chi connectivity index (χ2v) is 6.29. The minimum absolute atomic E-state index is 0.408. The van der Waals surface area contributed by atoms with Gasteiger partial charge in [-0.25, -0.2) is 4.98 Å². The fraction of sp³-hybridized carbons (Fsp3) is 0.0625. The largest absolute Gasteiger partial charge is 0.382 e. The van der Waals surface area contributed by atoms with E-state index in [0.29, 0.717) is 21.3 Å². The summed E-state index contributed by atoms with van der Waals surface area (Å²) in [6.07, 6.45) is -0.876. The predicted octanol–water partition coefficient (Wildman–Crippen LogP) is 5.39. The molecule has 5 heteroatoms. The highest BCUT2D eigenvalue weighted by Gasteiger charge is 2.17. The summed E-state index contributed by atoms with van der Waals surface area (Å²) < 4.78 is 0.750. The molecule has 0 aliphatic carbocycles. The summed E-state index contributed by atoms with van der Waals surface area (Å²) in [6.45, 7) is 0. The van der Waals surface area contributed by atoms with Crippen LogP contribution >= 0.6 is 39.1 Å². The van der Waals surface area contributed by atoms with Crippen molar-refractivity contribution in [2.45, 2.75) is 6.10 Å². The molecule has 0 bridgehead atoms. The maximum Gasteiger partial charge on any atom is 0.122 e. The Kier molecular flexibility index (Phi) is 4.18. The Balaban J connectivity index is 2.10. The van der Waals surface area contributed by atoms with E-state index in [1.807, 2.05) is 30.3 Å². The topological polar surface area (TPSA) is 33.1 Å². The van der Waals surface area contributed by atoms with Gasteiger partial charge >= 0.3 is 0 Å². The normalized spacial score (nSPS) is 12.6. The molecule has 2 aromatic carbocycles. The molecule has 2 nitrogen and oxygen atoms in total. The van der Waals surface area contributed by atoms with Gasteiger partial charge in [0.05, 0.1) is 21.3 Å². The fourth-order valence-corrected chi connectivity index (χ4v) is 3.00. The summed E-state index contributed by atoms with van der Waals surface area (Å²) in [5.74, 6) is 0. The molecular weight excluding hydrogens is 373 g/mol. The number of nitrogens with zero attached hydrogens (tertiary/aromatic N) is 1. The zero-order chi connectivity index (χ0) is 15.0. The molecule has 0 aliphatic rings. The Morgan fingerprint density at radius 1 is 1.00 bits per heavy atom. The van der Waals surface area contributed by atoms with Gasteiger partial charge in [0.25, 0.3) is 0 Å². The first-order valence-corrected chi connectivity index (χ1v) is 7.79. The maximum atomic E-state index is 10.6. The molecule has 0 aliphatic heterocycles. The van der Waals surface area contributed by atoms with Gasteiger partial charge in [0.15, 0.2) is 0 Å². The van der Waals surface area contributed by atoms with Crippen LogP contribution in [0.3, 0.4) is 0 Å². The second kappa shape index (κ2) is 5.93. The minimum atomic E-state index is -0.876. The molecule has 1 heterocycles. The van der Waals surface area contributed by atoms with Gasteiger partial charge in [-0.1, -0.05) is 47.5 Å². The van der Waals surface area contributed by atoms with E-state index in [9.17, 15) is 5.11 Å². The van der Waals surface area contributed by atoms with Crippen molar-refractivity contribution in [3.63, 3.8) is 0 Å². The standard InChI is InChI=1S/C16H10BrCl2NO/c17-11-7-9-3-1-2-4-14(9)20-15(11)16(21)10-5-6-12(18)13(19)8-10/h1-8,16,21H. The van der Waals surface area contributed by atoms with Crippen LogP contribution in [0.4, 0.5) is 0 Å². The average molecular weight is 383 g/mol. The van der Waals surface area contributed by atoms with E-state index in [-0.39, 0.29) is 0 Å². The molecule has 3 aromatic rings. The van der Waals surface area contributed by atoms with Gasteiger partial charge in [-0.05, 0) is 45.8 Å². The maximum absolute atomic E-state index is 10.6. The van der Waals surface area contributed by atoms with E-state index in [1.54, 1.807) is 18.2 Å². The number of para-hydroxylation sites is 1. The van der Waals surface area contributed by atoms with Crippen LogP contribution in [-0.4, -0.2) is 10.1 Å². The number of aromatic nitrogens is 1. The third kappa shape index (κ3) is 2.92. The van der Waals surface area contributed by atoms with Gasteiger partial charge < -0.3 is 5.11 Å².